The monoisotopic (exact) mass is 290 g/mol. The average Bonchev–Trinajstić information content (AvgIpc) is 2.86. The quantitative estimate of drug-likeness (QED) is 0.874. The predicted molar refractivity (Wildman–Crippen MR) is 62.4 cm³/mol. The fraction of sp³-hybridized carbons (Fsp3) is 0.500. The third-order valence-corrected chi connectivity index (χ3v) is 3.46. The number of likely N-dealkylation sites (tertiary alicyclic amines) is 1. The number of nitrogens with zero attached hydrogens (tertiary/aromatic N) is 1. The maximum Gasteiger partial charge on any atom is 0.471 e. The molecular weight excluding hydrogens is 277 g/mol. The molecule has 5 nitrogen and oxygen atoms in total. The second-order valence-corrected chi connectivity index (χ2v) is 4.68. The van der Waals surface area contributed by atoms with Crippen LogP contribution < -0.4 is 0 Å². The first-order valence-corrected chi connectivity index (χ1v) is 6.07. The van der Waals surface area contributed by atoms with Crippen molar-refractivity contribution < 1.29 is 27.9 Å². The summed E-state index contributed by atoms with van der Waals surface area (Å²) in [5.74, 6) is -3.08. The Morgan fingerprint density at radius 3 is 2.40 bits per heavy atom. The van der Waals surface area contributed by atoms with Gasteiger partial charge in [0, 0.05) is 19.3 Å². The highest BCUT2D eigenvalue weighted by Gasteiger charge is 2.43. The standard InChI is InChI=1S/C12H13F3N2O3/c13-12(14,15)11(20)17-5-2-7(3-6-17)8-1-4-16-9(8)10(18)19/h1,4,7,16H,2-3,5-6H2,(H,18,19). The summed E-state index contributed by atoms with van der Waals surface area (Å²) >= 11 is 0. The van der Waals surface area contributed by atoms with E-state index in [-0.39, 0.29) is 24.7 Å². The Morgan fingerprint density at radius 1 is 1.30 bits per heavy atom. The molecule has 8 heteroatoms. The van der Waals surface area contributed by atoms with E-state index in [9.17, 15) is 22.8 Å². The third-order valence-electron chi connectivity index (χ3n) is 3.46. The first-order chi connectivity index (χ1) is 9.30. The Morgan fingerprint density at radius 2 is 1.90 bits per heavy atom. The summed E-state index contributed by atoms with van der Waals surface area (Å²) < 4.78 is 36.9. The molecule has 0 aromatic carbocycles. The minimum atomic E-state index is -4.85. The van der Waals surface area contributed by atoms with E-state index in [1.807, 2.05) is 0 Å². The number of carbonyl (C=O) groups excluding carboxylic acids is 1. The van der Waals surface area contributed by atoms with Gasteiger partial charge in [0.2, 0.25) is 0 Å². The molecule has 2 N–H and O–H groups in total. The van der Waals surface area contributed by atoms with Gasteiger partial charge in [-0.15, -0.1) is 0 Å². The molecule has 0 spiro atoms. The van der Waals surface area contributed by atoms with Gasteiger partial charge in [-0.1, -0.05) is 0 Å². The molecular formula is C12H13F3N2O3. The fourth-order valence-electron chi connectivity index (χ4n) is 2.48. The van der Waals surface area contributed by atoms with Crippen molar-refractivity contribution in [2.24, 2.45) is 0 Å². The fourth-order valence-corrected chi connectivity index (χ4v) is 2.48. The number of hydrogen-bond acceptors (Lipinski definition) is 2. The second-order valence-electron chi connectivity index (χ2n) is 4.68. The Hall–Kier alpha value is -1.99. The molecule has 2 heterocycles. The lowest BCUT2D eigenvalue weighted by Crippen LogP contribution is -2.45. The van der Waals surface area contributed by atoms with E-state index in [0.29, 0.717) is 18.4 Å². The van der Waals surface area contributed by atoms with Crippen molar-refractivity contribution in [2.75, 3.05) is 13.1 Å². The summed E-state index contributed by atoms with van der Waals surface area (Å²) in [6.07, 6.45) is -2.72. The highest BCUT2D eigenvalue weighted by Crippen LogP contribution is 2.31. The van der Waals surface area contributed by atoms with Crippen LogP contribution in [0.5, 0.6) is 0 Å². The van der Waals surface area contributed by atoms with Crippen LogP contribution in [0.4, 0.5) is 13.2 Å². The number of piperidine rings is 1. The Bertz CT molecular complexity index is 516. The summed E-state index contributed by atoms with van der Waals surface area (Å²) in [6, 6.07) is 1.62. The number of carboxylic acids is 1. The lowest BCUT2D eigenvalue weighted by Gasteiger charge is -2.32. The van der Waals surface area contributed by atoms with Gasteiger partial charge in [0.15, 0.2) is 0 Å². The van der Waals surface area contributed by atoms with Crippen LogP contribution in [0, 0.1) is 0 Å². The first kappa shape index (κ1) is 14.4. The van der Waals surface area contributed by atoms with E-state index in [1.165, 1.54) is 6.20 Å². The van der Waals surface area contributed by atoms with Gasteiger partial charge in [0.1, 0.15) is 5.69 Å². The highest BCUT2D eigenvalue weighted by atomic mass is 19.4. The molecule has 1 fully saturated rings. The summed E-state index contributed by atoms with van der Waals surface area (Å²) in [7, 11) is 0. The van der Waals surface area contributed by atoms with Crippen LogP contribution in [0.1, 0.15) is 34.8 Å². The molecule has 0 bridgehead atoms. The molecule has 1 aromatic heterocycles. The minimum absolute atomic E-state index is 0.0206. The number of aromatic carboxylic acids is 1. The number of alkyl halides is 3. The zero-order chi connectivity index (χ0) is 14.9. The smallest absolute Gasteiger partial charge is 0.471 e. The summed E-state index contributed by atoms with van der Waals surface area (Å²) in [5.41, 5.74) is 0.641. The lowest BCUT2D eigenvalue weighted by atomic mass is 9.89. The number of H-pyrrole nitrogens is 1. The average molecular weight is 290 g/mol. The highest BCUT2D eigenvalue weighted by molar-refractivity contribution is 5.87. The number of hydrogen-bond donors (Lipinski definition) is 2. The Balaban J connectivity index is 2.03. The van der Waals surface area contributed by atoms with E-state index >= 15 is 0 Å². The van der Waals surface area contributed by atoms with Gasteiger partial charge in [-0.2, -0.15) is 13.2 Å². The van der Waals surface area contributed by atoms with Gasteiger partial charge in [-0.3, -0.25) is 4.79 Å². The molecule has 0 radical (unpaired) electrons. The molecule has 2 rings (SSSR count). The van der Waals surface area contributed by atoms with Gasteiger partial charge in [0.25, 0.3) is 0 Å². The zero-order valence-electron chi connectivity index (χ0n) is 10.4. The normalized spacial score (nSPS) is 17.2. The molecule has 1 saturated heterocycles. The van der Waals surface area contributed by atoms with Crippen molar-refractivity contribution in [3.63, 3.8) is 0 Å². The van der Waals surface area contributed by atoms with E-state index in [4.69, 9.17) is 5.11 Å². The van der Waals surface area contributed by atoms with E-state index in [1.54, 1.807) is 6.07 Å². The van der Waals surface area contributed by atoms with Gasteiger partial charge in [-0.25, -0.2) is 4.79 Å². The Kier molecular flexibility index (Phi) is 3.74. The molecule has 1 aromatic rings. The van der Waals surface area contributed by atoms with Gasteiger partial charge in [0.05, 0.1) is 0 Å². The van der Waals surface area contributed by atoms with Crippen LogP contribution in [-0.2, 0) is 4.79 Å². The van der Waals surface area contributed by atoms with Gasteiger partial charge >= 0.3 is 18.1 Å². The zero-order valence-corrected chi connectivity index (χ0v) is 10.4. The largest absolute Gasteiger partial charge is 0.477 e. The van der Waals surface area contributed by atoms with Crippen LogP contribution in [0.3, 0.4) is 0 Å². The van der Waals surface area contributed by atoms with Crippen LogP contribution in [0.15, 0.2) is 12.3 Å². The van der Waals surface area contributed by atoms with Crippen LogP contribution in [-0.4, -0.2) is 46.1 Å². The number of aromatic amines is 1. The molecule has 1 amide bonds. The van der Waals surface area contributed by atoms with Gasteiger partial charge < -0.3 is 15.0 Å². The van der Waals surface area contributed by atoms with Crippen LogP contribution in [0.25, 0.3) is 0 Å². The lowest BCUT2D eigenvalue weighted by molar-refractivity contribution is -0.186. The second kappa shape index (κ2) is 5.18. The summed E-state index contributed by atoms with van der Waals surface area (Å²) in [5, 5.41) is 8.99. The van der Waals surface area contributed by atoms with Crippen molar-refractivity contribution >= 4 is 11.9 Å². The number of nitrogens with one attached hydrogen (secondary N) is 1. The van der Waals surface area contributed by atoms with Crippen molar-refractivity contribution in [3.05, 3.63) is 23.5 Å². The summed E-state index contributed by atoms with van der Waals surface area (Å²) in [4.78, 5) is 25.4. The molecule has 110 valence electrons. The predicted octanol–water partition coefficient (Wildman–Crippen LogP) is 1.98. The molecule has 0 aliphatic carbocycles. The number of carbonyl (C=O) groups is 2. The molecule has 20 heavy (non-hydrogen) atoms. The van der Waals surface area contributed by atoms with Crippen molar-refractivity contribution in [1.29, 1.82) is 0 Å². The number of amides is 1. The maximum absolute atomic E-state index is 12.3. The van der Waals surface area contributed by atoms with Crippen LogP contribution >= 0.6 is 0 Å². The van der Waals surface area contributed by atoms with Crippen molar-refractivity contribution in [3.8, 4) is 0 Å². The molecule has 1 aliphatic rings. The van der Waals surface area contributed by atoms with Crippen molar-refractivity contribution in [1.82, 2.24) is 9.88 Å². The molecule has 0 saturated carbocycles. The first-order valence-electron chi connectivity index (χ1n) is 6.07. The third kappa shape index (κ3) is 2.78. The number of aromatic nitrogens is 1. The number of carboxylic acid groups (broad SMARTS) is 1. The van der Waals surface area contributed by atoms with Gasteiger partial charge in [-0.05, 0) is 30.4 Å². The summed E-state index contributed by atoms with van der Waals surface area (Å²) in [6.45, 7) is -0.0412. The minimum Gasteiger partial charge on any atom is -0.477 e. The molecule has 1 aliphatic heterocycles. The van der Waals surface area contributed by atoms with E-state index < -0.39 is 18.1 Å². The number of halogens is 3. The van der Waals surface area contributed by atoms with E-state index in [2.05, 4.69) is 4.98 Å². The molecule has 0 atom stereocenters. The maximum atomic E-state index is 12.3. The Labute approximate surface area is 112 Å². The molecule has 0 unspecified atom stereocenters. The van der Waals surface area contributed by atoms with E-state index in [0.717, 1.165) is 4.90 Å². The van der Waals surface area contributed by atoms with Crippen molar-refractivity contribution in [2.45, 2.75) is 24.9 Å². The van der Waals surface area contributed by atoms with Crippen LogP contribution in [0.2, 0.25) is 0 Å². The SMILES string of the molecule is O=C(O)c1[nH]ccc1C1CCN(C(=O)C(F)(F)F)CC1. The topological polar surface area (TPSA) is 73.4 Å². The number of rotatable bonds is 2.